The molecule has 0 saturated heterocycles. The van der Waals surface area contributed by atoms with Crippen LogP contribution in [0.3, 0.4) is 0 Å². The first-order chi connectivity index (χ1) is 4.79. The summed E-state index contributed by atoms with van der Waals surface area (Å²) in [4.78, 5) is 1.21. The Kier molecular flexibility index (Phi) is 4.00. The summed E-state index contributed by atoms with van der Waals surface area (Å²) in [5, 5.41) is 0. The van der Waals surface area contributed by atoms with Gasteiger partial charge in [-0.25, -0.2) is 0 Å². The van der Waals surface area contributed by atoms with Crippen LogP contribution in [0.1, 0.15) is 25.7 Å². The predicted molar refractivity (Wildman–Crippen MR) is 53.0 cm³/mol. The maximum Gasteiger partial charge on any atom is 0.0325 e. The van der Waals surface area contributed by atoms with Crippen molar-refractivity contribution in [2.24, 2.45) is 0 Å². The minimum absolute atomic E-state index is 0.604. The smallest absolute Gasteiger partial charge is 0.0325 e. The molecule has 0 radical (unpaired) electrons. The Labute approximate surface area is 79.3 Å². The zero-order valence-corrected chi connectivity index (χ0v) is 9.07. The van der Waals surface area contributed by atoms with Crippen LogP contribution in [0.15, 0.2) is 12.2 Å². The van der Waals surface area contributed by atoms with Crippen LogP contribution in [-0.4, -0.2) is 9.65 Å². The Morgan fingerprint density at radius 3 is 1.70 bits per heavy atom. The van der Waals surface area contributed by atoms with Crippen molar-refractivity contribution in [2.45, 2.75) is 35.3 Å². The summed E-state index contributed by atoms with van der Waals surface area (Å²) in [5.41, 5.74) is 0. The molecule has 2 heteroatoms. The van der Waals surface area contributed by atoms with Gasteiger partial charge in [0.2, 0.25) is 0 Å². The second kappa shape index (κ2) is 4.55. The molecule has 0 bridgehead atoms. The third-order valence-corrected chi connectivity index (χ3v) is 3.26. The molecular formula is C8H12Br2. The molecule has 0 aliphatic heterocycles. The largest absolute Gasteiger partial charge is 0.0845 e. The topological polar surface area (TPSA) is 0 Å². The number of alkyl halides is 2. The van der Waals surface area contributed by atoms with Crippen LogP contribution in [0, 0.1) is 0 Å². The second-order valence-electron chi connectivity index (χ2n) is 2.70. The summed E-state index contributed by atoms with van der Waals surface area (Å²) in [7, 11) is 0. The standard InChI is InChI=1S/C8H12Br2/c9-7-3-1-2-4-8(10)6-5-7/h5-8H,1-4H2/b6-5-/t7-,8?/m1/s1. The number of hydrogen-bond acceptors (Lipinski definition) is 0. The van der Waals surface area contributed by atoms with Crippen LogP contribution >= 0.6 is 31.9 Å². The number of hydrogen-bond donors (Lipinski definition) is 0. The highest BCUT2D eigenvalue weighted by Gasteiger charge is 2.06. The van der Waals surface area contributed by atoms with Crippen LogP contribution in [0.5, 0.6) is 0 Å². The van der Waals surface area contributed by atoms with Crippen molar-refractivity contribution in [1.29, 1.82) is 0 Å². The minimum atomic E-state index is 0.604. The van der Waals surface area contributed by atoms with Gasteiger partial charge in [0.1, 0.15) is 0 Å². The second-order valence-corrected chi connectivity index (χ2v) is 5.05. The third-order valence-electron chi connectivity index (χ3n) is 1.74. The zero-order chi connectivity index (χ0) is 7.40. The molecule has 1 aliphatic carbocycles. The Bertz CT molecular complexity index is 106. The van der Waals surface area contributed by atoms with E-state index in [1.165, 1.54) is 25.7 Å². The third kappa shape index (κ3) is 3.20. The molecule has 0 aromatic heterocycles. The molecule has 1 aliphatic rings. The van der Waals surface area contributed by atoms with Gasteiger partial charge in [-0.2, -0.15) is 0 Å². The average molecular weight is 268 g/mol. The fourth-order valence-electron chi connectivity index (χ4n) is 1.11. The van der Waals surface area contributed by atoms with Crippen molar-refractivity contribution in [2.75, 3.05) is 0 Å². The molecule has 0 aromatic rings. The van der Waals surface area contributed by atoms with Gasteiger partial charge in [0.15, 0.2) is 0 Å². The van der Waals surface area contributed by atoms with Crippen LogP contribution < -0.4 is 0 Å². The molecule has 0 fully saturated rings. The van der Waals surface area contributed by atoms with Crippen molar-refractivity contribution >= 4 is 31.9 Å². The Morgan fingerprint density at radius 1 is 0.900 bits per heavy atom. The van der Waals surface area contributed by atoms with E-state index >= 15 is 0 Å². The molecule has 0 N–H and O–H groups in total. The van der Waals surface area contributed by atoms with E-state index in [4.69, 9.17) is 0 Å². The van der Waals surface area contributed by atoms with Gasteiger partial charge in [-0.1, -0.05) is 56.9 Å². The van der Waals surface area contributed by atoms with Crippen molar-refractivity contribution < 1.29 is 0 Å². The molecule has 1 unspecified atom stereocenters. The average Bonchev–Trinajstić information content (AvgIpc) is 1.90. The summed E-state index contributed by atoms with van der Waals surface area (Å²) in [6.07, 6.45) is 9.77. The van der Waals surface area contributed by atoms with Crippen molar-refractivity contribution in [3.05, 3.63) is 12.2 Å². The maximum atomic E-state index is 3.59. The van der Waals surface area contributed by atoms with E-state index in [0.29, 0.717) is 9.65 Å². The SMILES string of the molecule is BrC1/C=C\[C@H](Br)CCCC1. The fourth-order valence-corrected chi connectivity index (χ4v) is 2.11. The van der Waals surface area contributed by atoms with E-state index in [-0.39, 0.29) is 0 Å². The summed E-state index contributed by atoms with van der Waals surface area (Å²) in [6, 6.07) is 0. The number of halogens is 2. The van der Waals surface area contributed by atoms with Gasteiger partial charge < -0.3 is 0 Å². The number of allylic oxidation sites excluding steroid dienone is 2. The molecule has 58 valence electrons. The summed E-state index contributed by atoms with van der Waals surface area (Å²) in [6.45, 7) is 0. The molecule has 2 atom stereocenters. The monoisotopic (exact) mass is 266 g/mol. The van der Waals surface area contributed by atoms with Crippen LogP contribution in [0.4, 0.5) is 0 Å². The molecule has 0 amide bonds. The molecule has 0 heterocycles. The highest BCUT2D eigenvalue weighted by atomic mass is 79.9. The lowest BCUT2D eigenvalue weighted by Crippen LogP contribution is -2.01. The lowest BCUT2D eigenvalue weighted by atomic mass is 10.1. The van der Waals surface area contributed by atoms with E-state index in [9.17, 15) is 0 Å². The van der Waals surface area contributed by atoms with E-state index in [0.717, 1.165) is 0 Å². The first kappa shape index (κ1) is 8.79. The zero-order valence-electron chi connectivity index (χ0n) is 5.89. The molecular weight excluding hydrogens is 256 g/mol. The molecule has 1 rings (SSSR count). The fraction of sp³-hybridized carbons (Fsp3) is 0.750. The first-order valence-corrected chi connectivity index (χ1v) is 5.58. The molecule has 0 aromatic carbocycles. The van der Waals surface area contributed by atoms with Gasteiger partial charge in [0, 0.05) is 9.65 Å². The first-order valence-electron chi connectivity index (χ1n) is 3.75. The van der Waals surface area contributed by atoms with E-state index in [2.05, 4.69) is 44.0 Å². The van der Waals surface area contributed by atoms with Crippen LogP contribution in [0.2, 0.25) is 0 Å². The molecule has 0 saturated carbocycles. The van der Waals surface area contributed by atoms with Gasteiger partial charge in [-0.05, 0) is 12.8 Å². The Hall–Kier alpha value is 0.700. The van der Waals surface area contributed by atoms with Gasteiger partial charge in [0.25, 0.3) is 0 Å². The van der Waals surface area contributed by atoms with Gasteiger partial charge in [-0.15, -0.1) is 0 Å². The van der Waals surface area contributed by atoms with Crippen molar-refractivity contribution in [3.8, 4) is 0 Å². The summed E-state index contributed by atoms with van der Waals surface area (Å²) < 4.78 is 0. The normalized spacial score (nSPS) is 38.2. The highest BCUT2D eigenvalue weighted by Crippen LogP contribution is 2.20. The maximum absolute atomic E-state index is 3.59. The van der Waals surface area contributed by atoms with Crippen LogP contribution in [-0.2, 0) is 0 Å². The molecule has 0 nitrogen and oxygen atoms in total. The lowest BCUT2D eigenvalue weighted by Gasteiger charge is -2.11. The van der Waals surface area contributed by atoms with E-state index < -0.39 is 0 Å². The van der Waals surface area contributed by atoms with Crippen molar-refractivity contribution in [1.82, 2.24) is 0 Å². The van der Waals surface area contributed by atoms with Gasteiger partial charge >= 0.3 is 0 Å². The van der Waals surface area contributed by atoms with Crippen LogP contribution in [0.25, 0.3) is 0 Å². The minimum Gasteiger partial charge on any atom is -0.0845 e. The van der Waals surface area contributed by atoms with Crippen molar-refractivity contribution in [3.63, 3.8) is 0 Å². The molecule has 10 heavy (non-hydrogen) atoms. The predicted octanol–water partition coefficient (Wildman–Crippen LogP) is 3.64. The Balaban J connectivity index is 2.42. The Morgan fingerprint density at radius 2 is 1.30 bits per heavy atom. The molecule has 0 spiro atoms. The van der Waals surface area contributed by atoms with Gasteiger partial charge in [0.05, 0.1) is 0 Å². The summed E-state index contributed by atoms with van der Waals surface area (Å²) >= 11 is 7.19. The highest BCUT2D eigenvalue weighted by molar-refractivity contribution is 9.10. The summed E-state index contributed by atoms with van der Waals surface area (Å²) in [5.74, 6) is 0. The van der Waals surface area contributed by atoms with E-state index in [1.54, 1.807) is 0 Å². The quantitative estimate of drug-likeness (QED) is 0.464. The number of rotatable bonds is 0. The van der Waals surface area contributed by atoms with Gasteiger partial charge in [-0.3, -0.25) is 0 Å². The van der Waals surface area contributed by atoms with E-state index in [1.807, 2.05) is 0 Å². The lowest BCUT2D eigenvalue weighted by molar-refractivity contribution is 0.655.